The number of amides is 1. The van der Waals surface area contributed by atoms with E-state index in [0.717, 1.165) is 11.3 Å². The van der Waals surface area contributed by atoms with E-state index >= 15 is 0 Å². The number of rotatable bonds is 2. The first kappa shape index (κ1) is 14.3. The van der Waals surface area contributed by atoms with Crippen molar-refractivity contribution in [3.63, 3.8) is 0 Å². The lowest BCUT2D eigenvalue weighted by atomic mass is 10.00. The number of hydrogen-bond acceptors (Lipinski definition) is 5. The lowest BCUT2D eigenvalue weighted by molar-refractivity contribution is -0.535. The first-order valence-corrected chi connectivity index (χ1v) is 7.02. The lowest BCUT2D eigenvalue weighted by Crippen LogP contribution is -2.51. The van der Waals surface area contributed by atoms with Crippen molar-refractivity contribution in [1.82, 2.24) is 10.0 Å². The van der Waals surface area contributed by atoms with Crippen molar-refractivity contribution in [3.05, 3.63) is 32.5 Å². The van der Waals surface area contributed by atoms with Crippen LogP contribution in [0.4, 0.5) is 13.2 Å². The zero-order valence-electron chi connectivity index (χ0n) is 10.5. The molecule has 0 aliphatic carbocycles. The fourth-order valence-electron chi connectivity index (χ4n) is 3.00. The van der Waals surface area contributed by atoms with Crippen molar-refractivity contribution < 1.29 is 22.9 Å². The van der Waals surface area contributed by atoms with Crippen molar-refractivity contribution >= 4 is 17.2 Å². The summed E-state index contributed by atoms with van der Waals surface area (Å²) in [6, 6.07) is -2.19. The van der Waals surface area contributed by atoms with E-state index in [1.807, 2.05) is 0 Å². The average molecular weight is 321 g/mol. The minimum atomic E-state index is -4.85. The largest absolute Gasteiger partial charge is 0.417 e. The third-order valence-corrected chi connectivity index (χ3v) is 4.68. The Kier molecular flexibility index (Phi) is 3.17. The number of hydrogen-bond donors (Lipinski definition) is 0. The highest BCUT2D eigenvalue weighted by Crippen LogP contribution is 2.47. The van der Waals surface area contributed by atoms with Crippen LogP contribution in [0.1, 0.15) is 17.3 Å². The Morgan fingerprint density at radius 3 is 2.67 bits per heavy atom. The second kappa shape index (κ2) is 4.67. The number of carbonyl (C=O) groups is 1. The van der Waals surface area contributed by atoms with Gasteiger partial charge in [-0.15, -0.1) is 11.3 Å². The number of hydrazine groups is 1. The topological polar surface area (TPSA) is 66.7 Å². The molecule has 2 aliphatic heterocycles. The molecule has 3 atom stereocenters. The van der Waals surface area contributed by atoms with Crippen LogP contribution in [0.3, 0.4) is 0 Å². The Balaban J connectivity index is 2.11. The first-order chi connectivity index (χ1) is 9.82. The predicted molar refractivity (Wildman–Crippen MR) is 65.9 cm³/mol. The fourth-order valence-corrected chi connectivity index (χ4v) is 3.87. The Morgan fingerprint density at radius 1 is 1.43 bits per heavy atom. The molecule has 0 radical (unpaired) electrons. The Hall–Kier alpha value is -1.68. The van der Waals surface area contributed by atoms with Gasteiger partial charge in [-0.05, 0) is 11.4 Å². The number of halogens is 3. The normalized spacial score (nSPS) is 30.0. The summed E-state index contributed by atoms with van der Waals surface area (Å²) in [5, 5.41) is 14.6. The summed E-state index contributed by atoms with van der Waals surface area (Å²) in [6.07, 6.45) is -4.90. The number of carbonyl (C=O) groups excluding carboxylic acids is 1. The van der Waals surface area contributed by atoms with Crippen LogP contribution in [0.2, 0.25) is 0 Å². The van der Waals surface area contributed by atoms with Gasteiger partial charge < -0.3 is 0 Å². The van der Waals surface area contributed by atoms with Crippen molar-refractivity contribution in [2.75, 3.05) is 6.54 Å². The molecule has 1 aromatic rings. The van der Waals surface area contributed by atoms with Crippen LogP contribution in [0.5, 0.6) is 0 Å². The third-order valence-electron chi connectivity index (χ3n) is 3.73. The van der Waals surface area contributed by atoms with Gasteiger partial charge in [0.1, 0.15) is 6.04 Å². The molecule has 0 unspecified atom stereocenters. The van der Waals surface area contributed by atoms with Gasteiger partial charge in [-0.3, -0.25) is 19.9 Å². The smallest absolute Gasteiger partial charge is 0.273 e. The molecular weight excluding hydrogens is 311 g/mol. The first-order valence-electron chi connectivity index (χ1n) is 6.14. The molecule has 10 heteroatoms. The molecular formula is C11H10F3N3O3S. The summed E-state index contributed by atoms with van der Waals surface area (Å²) < 4.78 is 39.8. The molecule has 0 spiro atoms. The van der Waals surface area contributed by atoms with E-state index in [1.165, 1.54) is 5.01 Å². The summed E-state index contributed by atoms with van der Waals surface area (Å²) in [4.78, 5) is 22.5. The van der Waals surface area contributed by atoms with Gasteiger partial charge in [0.25, 0.3) is 6.04 Å². The quantitative estimate of drug-likeness (QED) is 0.616. The summed E-state index contributed by atoms with van der Waals surface area (Å²) in [7, 11) is 0. The van der Waals surface area contributed by atoms with E-state index in [-0.39, 0.29) is 13.0 Å². The van der Waals surface area contributed by atoms with Gasteiger partial charge >= 0.3 is 6.18 Å². The van der Waals surface area contributed by atoms with E-state index < -0.39 is 35.1 Å². The third kappa shape index (κ3) is 2.09. The maximum absolute atomic E-state index is 13.3. The summed E-state index contributed by atoms with van der Waals surface area (Å²) in [6.45, 7) is 0.0678. The molecule has 2 fully saturated rings. The van der Waals surface area contributed by atoms with Crippen molar-refractivity contribution in [2.45, 2.75) is 30.7 Å². The monoisotopic (exact) mass is 321 g/mol. The number of thiophene rings is 1. The van der Waals surface area contributed by atoms with Gasteiger partial charge in [-0.2, -0.15) is 13.2 Å². The van der Waals surface area contributed by atoms with Crippen LogP contribution >= 0.6 is 11.3 Å². The second-order valence-corrected chi connectivity index (χ2v) is 5.85. The average Bonchev–Trinajstić information content (AvgIpc) is 3.04. The van der Waals surface area contributed by atoms with Crippen LogP contribution < -0.4 is 0 Å². The summed E-state index contributed by atoms with van der Waals surface area (Å²) in [5.41, 5.74) is 0. The van der Waals surface area contributed by atoms with E-state index in [9.17, 15) is 28.1 Å². The van der Waals surface area contributed by atoms with Gasteiger partial charge in [0.2, 0.25) is 11.9 Å². The van der Waals surface area contributed by atoms with Gasteiger partial charge in [0, 0.05) is 22.8 Å². The highest BCUT2D eigenvalue weighted by atomic mass is 32.1. The van der Waals surface area contributed by atoms with Crippen LogP contribution in [0, 0.1) is 10.1 Å². The lowest BCUT2D eigenvalue weighted by Gasteiger charge is -2.26. The number of alkyl halides is 3. The molecule has 3 rings (SSSR count). The molecule has 21 heavy (non-hydrogen) atoms. The SMILES string of the molecule is O=C1CCN2[C@H](c3cccs3)[C@H]([N+](=O)[O-])[C@@H](C(F)(F)F)N12. The molecule has 0 saturated carbocycles. The fraction of sp³-hybridized carbons (Fsp3) is 0.545. The summed E-state index contributed by atoms with van der Waals surface area (Å²) in [5.74, 6) is -0.719. The number of nitro groups is 1. The molecule has 114 valence electrons. The molecule has 1 aromatic heterocycles. The molecule has 3 heterocycles. The zero-order valence-corrected chi connectivity index (χ0v) is 11.3. The van der Waals surface area contributed by atoms with Gasteiger partial charge in [0.15, 0.2) is 0 Å². The van der Waals surface area contributed by atoms with Gasteiger partial charge in [-0.25, -0.2) is 5.01 Å². The molecule has 6 nitrogen and oxygen atoms in total. The molecule has 1 amide bonds. The Morgan fingerprint density at radius 2 is 2.14 bits per heavy atom. The Bertz CT molecular complexity index is 577. The molecule has 0 bridgehead atoms. The van der Waals surface area contributed by atoms with Crippen LogP contribution in [0.15, 0.2) is 17.5 Å². The predicted octanol–water partition coefficient (Wildman–Crippen LogP) is 1.83. The van der Waals surface area contributed by atoms with Crippen LogP contribution in [0.25, 0.3) is 0 Å². The van der Waals surface area contributed by atoms with E-state index in [4.69, 9.17) is 0 Å². The molecule has 2 aliphatic rings. The maximum Gasteiger partial charge on any atom is 0.417 e. The van der Waals surface area contributed by atoms with Crippen molar-refractivity contribution in [1.29, 1.82) is 0 Å². The highest BCUT2D eigenvalue weighted by molar-refractivity contribution is 7.10. The number of fused-ring (bicyclic) bond motifs is 1. The summed E-state index contributed by atoms with van der Waals surface area (Å²) >= 11 is 1.15. The molecule has 2 saturated heterocycles. The Labute approximate surface area is 120 Å². The van der Waals surface area contributed by atoms with Gasteiger partial charge in [-0.1, -0.05) is 6.07 Å². The van der Waals surface area contributed by atoms with Crippen molar-refractivity contribution in [2.24, 2.45) is 0 Å². The number of nitrogens with zero attached hydrogens (tertiary/aromatic N) is 3. The van der Waals surface area contributed by atoms with E-state index in [2.05, 4.69) is 0 Å². The minimum Gasteiger partial charge on any atom is -0.273 e. The van der Waals surface area contributed by atoms with Crippen LogP contribution in [-0.2, 0) is 4.79 Å². The molecule has 0 aromatic carbocycles. The van der Waals surface area contributed by atoms with Gasteiger partial charge in [0.05, 0.1) is 0 Å². The maximum atomic E-state index is 13.3. The second-order valence-electron chi connectivity index (χ2n) is 4.87. The van der Waals surface area contributed by atoms with Crippen molar-refractivity contribution in [3.8, 4) is 0 Å². The van der Waals surface area contributed by atoms with Crippen LogP contribution in [-0.4, -0.2) is 45.7 Å². The van der Waals surface area contributed by atoms with E-state index in [0.29, 0.717) is 9.89 Å². The molecule has 0 N–H and O–H groups in total. The zero-order chi connectivity index (χ0) is 15.4. The highest BCUT2D eigenvalue weighted by Gasteiger charge is 2.68. The standard InChI is InChI=1S/C11H10F3N3O3S/c12-11(13,14)10-9(17(19)20)8(6-2-1-5-21-6)15-4-3-7(18)16(10)15/h1-2,5,8-10H,3-4H2/t8-,9+,10+/m1/s1. The van der Waals surface area contributed by atoms with E-state index in [1.54, 1.807) is 17.5 Å². The minimum absolute atomic E-state index is 0.0567.